The minimum Gasteiger partial charge on any atom is -0.391 e. The molecule has 1 aromatic rings. The van der Waals surface area contributed by atoms with Crippen LogP contribution in [-0.2, 0) is 4.79 Å². The highest BCUT2D eigenvalue weighted by atomic mass is 79.9. The van der Waals surface area contributed by atoms with Gasteiger partial charge in [-0.25, -0.2) is 0 Å². The van der Waals surface area contributed by atoms with E-state index in [1.807, 2.05) is 38.1 Å². The second-order valence-electron chi connectivity index (χ2n) is 5.39. The van der Waals surface area contributed by atoms with E-state index in [0.717, 1.165) is 23.0 Å². The third kappa shape index (κ3) is 3.37. The van der Waals surface area contributed by atoms with Crippen molar-refractivity contribution in [2.75, 3.05) is 13.1 Å². The Balaban J connectivity index is 2.05. The van der Waals surface area contributed by atoms with Crippen molar-refractivity contribution in [3.8, 4) is 0 Å². The van der Waals surface area contributed by atoms with E-state index in [1.54, 1.807) is 4.90 Å². The minimum absolute atomic E-state index is 0.105. The van der Waals surface area contributed by atoms with Crippen LogP contribution in [0.4, 0.5) is 0 Å². The van der Waals surface area contributed by atoms with Gasteiger partial charge in [-0.3, -0.25) is 4.79 Å². The summed E-state index contributed by atoms with van der Waals surface area (Å²) in [6.45, 7) is 5.17. The largest absolute Gasteiger partial charge is 0.391 e. The Labute approximate surface area is 122 Å². The molecule has 1 amide bonds. The van der Waals surface area contributed by atoms with Gasteiger partial charge in [-0.15, -0.1) is 0 Å². The average Bonchev–Trinajstić information content (AvgIpc) is 2.41. The van der Waals surface area contributed by atoms with E-state index in [0.29, 0.717) is 6.54 Å². The molecule has 0 spiro atoms. The highest BCUT2D eigenvalue weighted by Gasteiger charge is 2.29. The molecule has 0 radical (unpaired) electrons. The van der Waals surface area contributed by atoms with Gasteiger partial charge in [0.05, 0.1) is 12.0 Å². The molecule has 3 nitrogen and oxygen atoms in total. The number of carbonyl (C=O) groups excluding carboxylic acids is 1. The fraction of sp³-hybridized carbons (Fsp3) is 0.533. The number of rotatable bonds is 2. The van der Waals surface area contributed by atoms with Crippen LogP contribution in [-0.4, -0.2) is 35.1 Å². The van der Waals surface area contributed by atoms with Crippen LogP contribution >= 0.6 is 15.9 Å². The Hall–Kier alpha value is -0.870. The number of likely N-dealkylation sites (tertiary alicyclic amines) is 1. The lowest BCUT2D eigenvalue weighted by Gasteiger charge is -2.35. The summed E-state index contributed by atoms with van der Waals surface area (Å²) >= 11 is 3.39. The monoisotopic (exact) mass is 325 g/mol. The Kier molecular flexibility index (Phi) is 4.63. The first-order valence-electron chi connectivity index (χ1n) is 6.71. The van der Waals surface area contributed by atoms with Gasteiger partial charge in [0.25, 0.3) is 0 Å². The van der Waals surface area contributed by atoms with E-state index in [1.165, 1.54) is 0 Å². The topological polar surface area (TPSA) is 40.5 Å². The zero-order valence-electron chi connectivity index (χ0n) is 11.3. The molecule has 1 aliphatic rings. The third-order valence-corrected chi connectivity index (χ3v) is 4.50. The number of halogens is 1. The minimum atomic E-state index is -0.394. The van der Waals surface area contributed by atoms with Crippen LogP contribution in [0.15, 0.2) is 28.7 Å². The van der Waals surface area contributed by atoms with Crippen molar-refractivity contribution in [3.05, 3.63) is 34.3 Å². The molecule has 2 rings (SSSR count). The summed E-state index contributed by atoms with van der Waals surface area (Å²) < 4.78 is 1.01. The van der Waals surface area contributed by atoms with Crippen LogP contribution in [0.5, 0.6) is 0 Å². The van der Waals surface area contributed by atoms with Crippen molar-refractivity contribution in [1.82, 2.24) is 4.90 Å². The SMILES string of the molecule is CC(C(=O)N1CCC(C)C(O)C1)c1ccc(Br)cc1. The van der Waals surface area contributed by atoms with Crippen LogP contribution in [0, 0.1) is 5.92 Å². The van der Waals surface area contributed by atoms with E-state index in [2.05, 4.69) is 15.9 Å². The summed E-state index contributed by atoms with van der Waals surface area (Å²) in [6.07, 6.45) is 0.481. The molecule has 1 aliphatic heterocycles. The lowest BCUT2D eigenvalue weighted by atomic mass is 9.93. The van der Waals surface area contributed by atoms with Crippen LogP contribution in [0.2, 0.25) is 0 Å². The number of nitrogens with zero attached hydrogens (tertiary/aromatic N) is 1. The van der Waals surface area contributed by atoms with Crippen molar-refractivity contribution in [1.29, 1.82) is 0 Å². The molecule has 3 unspecified atom stereocenters. The fourth-order valence-corrected chi connectivity index (χ4v) is 2.68. The Morgan fingerprint density at radius 1 is 1.42 bits per heavy atom. The number of aliphatic hydroxyl groups is 1. The maximum absolute atomic E-state index is 12.4. The number of aliphatic hydroxyl groups excluding tert-OH is 1. The van der Waals surface area contributed by atoms with Gasteiger partial charge in [0.15, 0.2) is 0 Å². The molecular formula is C15H20BrNO2. The molecule has 0 saturated carbocycles. The van der Waals surface area contributed by atoms with E-state index >= 15 is 0 Å². The number of hydrogen-bond donors (Lipinski definition) is 1. The molecule has 0 bridgehead atoms. The molecule has 1 aromatic carbocycles. The number of amides is 1. The normalized spacial score (nSPS) is 25.2. The van der Waals surface area contributed by atoms with Crippen LogP contribution < -0.4 is 0 Å². The van der Waals surface area contributed by atoms with Gasteiger partial charge < -0.3 is 10.0 Å². The highest BCUT2D eigenvalue weighted by molar-refractivity contribution is 9.10. The Morgan fingerprint density at radius 3 is 2.63 bits per heavy atom. The summed E-state index contributed by atoms with van der Waals surface area (Å²) in [4.78, 5) is 14.2. The predicted molar refractivity (Wildman–Crippen MR) is 78.9 cm³/mol. The van der Waals surface area contributed by atoms with Gasteiger partial charge in [-0.2, -0.15) is 0 Å². The zero-order chi connectivity index (χ0) is 14.0. The first-order valence-corrected chi connectivity index (χ1v) is 7.50. The fourth-order valence-electron chi connectivity index (χ4n) is 2.42. The van der Waals surface area contributed by atoms with Gasteiger partial charge in [-0.1, -0.05) is 35.0 Å². The van der Waals surface area contributed by atoms with E-state index in [9.17, 15) is 9.90 Å². The Bertz CT molecular complexity index is 446. The van der Waals surface area contributed by atoms with Crippen molar-refractivity contribution in [3.63, 3.8) is 0 Å². The summed E-state index contributed by atoms with van der Waals surface area (Å²) in [5.74, 6) is 0.231. The van der Waals surface area contributed by atoms with Crippen molar-refractivity contribution in [2.24, 2.45) is 5.92 Å². The zero-order valence-corrected chi connectivity index (χ0v) is 12.9. The number of benzene rings is 1. The number of piperidine rings is 1. The van der Waals surface area contributed by atoms with Crippen LogP contribution in [0.1, 0.15) is 31.7 Å². The lowest BCUT2D eigenvalue weighted by molar-refractivity contribution is -0.136. The van der Waals surface area contributed by atoms with Gasteiger partial charge in [0.2, 0.25) is 5.91 Å². The van der Waals surface area contributed by atoms with Crippen molar-refractivity contribution >= 4 is 21.8 Å². The van der Waals surface area contributed by atoms with Gasteiger partial charge >= 0.3 is 0 Å². The molecule has 19 heavy (non-hydrogen) atoms. The summed E-state index contributed by atoms with van der Waals surface area (Å²) in [6, 6.07) is 7.84. The molecular weight excluding hydrogens is 306 g/mol. The van der Waals surface area contributed by atoms with Gasteiger partial charge in [0.1, 0.15) is 0 Å². The second-order valence-corrected chi connectivity index (χ2v) is 6.31. The molecule has 1 saturated heterocycles. The maximum atomic E-state index is 12.4. The molecule has 1 N–H and O–H groups in total. The summed E-state index contributed by atoms with van der Waals surface area (Å²) in [7, 11) is 0. The van der Waals surface area contributed by atoms with Gasteiger partial charge in [-0.05, 0) is 37.0 Å². The molecule has 104 valence electrons. The predicted octanol–water partition coefficient (Wildman–Crippen LogP) is 2.78. The van der Waals surface area contributed by atoms with Crippen LogP contribution in [0.25, 0.3) is 0 Å². The highest BCUT2D eigenvalue weighted by Crippen LogP contribution is 2.24. The quantitative estimate of drug-likeness (QED) is 0.908. The standard InChI is InChI=1S/C15H20BrNO2/c1-10-7-8-17(9-14(10)18)15(19)11(2)12-3-5-13(16)6-4-12/h3-6,10-11,14,18H,7-9H2,1-2H3. The molecule has 1 heterocycles. The van der Waals surface area contributed by atoms with Crippen molar-refractivity contribution in [2.45, 2.75) is 32.3 Å². The maximum Gasteiger partial charge on any atom is 0.229 e. The molecule has 0 aromatic heterocycles. The first-order chi connectivity index (χ1) is 8.99. The average molecular weight is 326 g/mol. The molecule has 3 atom stereocenters. The van der Waals surface area contributed by atoms with E-state index in [4.69, 9.17) is 0 Å². The Morgan fingerprint density at radius 2 is 2.05 bits per heavy atom. The second kappa shape index (κ2) is 6.06. The molecule has 1 fully saturated rings. The number of hydrogen-bond acceptors (Lipinski definition) is 2. The summed E-state index contributed by atoms with van der Waals surface area (Å²) in [5.41, 5.74) is 1.02. The van der Waals surface area contributed by atoms with Crippen LogP contribution in [0.3, 0.4) is 0 Å². The smallest absolute Gasteiger partial charge is 0.229 e. The summed E-state index contributed by atoms with van der Waals surface area (Å²) in [5, 5.41) is 9.89. The van der Waals surface area contributed by atoms with E-state index in [-0.39, 0.29) is 17.7 Å². The molecule has 0 aliphatic carbocycles. The number of carbonyl (C=O) groups is 1. The number of β-amino-alcohol motifs (C(OH)–C–C–N with tert-alkyl or cyclic N) is 1. The molecule has 4 heteroatoms. The van der Waals surface area contributed by atoms with Crippen molar-refractivity contribution < 1.29 is 9.90 Å². The third-order valence-electron chi connectivity index (χ3n) is 3.97. The van der Waals surface area contributed by atoms with Gasteiger partial charge in [0, 0.05) is 17.6 Å². The van der Waals surface area contributed by atoms with E-state index < -0.39 is 6.10 Å². The lowest BCUT2D eigenvalue weighted by Crippen LogP contribution is -2.47. The first kappa shape index (κ1) is 14.5.